The van der Waals surface area contributed by atoms with Crippen molar-refractivity contribution in [2.45, 2.75) is 25.8 Å². The molecule has 1 aromatic carbocycles. The van der Waals surface area contributed by atoms with Crippen molar-refractivity contribution in [3.05, 3.63) is 65.5 Å². The highest BCUT2D eigenvalue weighted by Gasteiger charge is 2.24. The van der Waals surface area contributed by atoms with Gasteiger partial charge in [0, 0.05) is 29.9 Å². The molecule has 2 unspecified atom stereocenters. The monoisotopic (exact) mass is 276 g/mol. The van der Waals surface area contributed by atoms with E-state index < -0.39 is 11.6 Å². The van der Waals surface area contributed by atoms with Crippen LogP contribution >= 0.6 is 0 Å². The van der Waals surface area contributed by atoms with E-state index in [0.717, 1.165) is 11.6 Å². The van der Waals surface area contributed by atoms with Gasteiger partial charge in [-0.05, 0) is 30.3 Å². The lowest BCUT2D eigenvalue weighted by molar-refractivity contribution is 0.433. The summed E-state index contributed by atoms with van der Waals surface area (Å²) in [5, 5.41) is 3.24. The minimum Gasteiger partial charge on any atom is -0.310 e. The molecule has 0 amide bonds. The van der Waals surface area contributed by atoms with E-state index in [1.807, 2.05) is 26.0 Å². The van der Waals surface area contributed by atoms with Crippen LogP contribution in [0.3, 0.4) is 0 Å². The standard InChI is InChI=1S/C16H18F2N2/c1-3-20-16(11(2)12-7-9-19-10-8-12)13-5-4-6-14(17)15(13)18/h4-11,16,20H,3H2,1-2H3. The van der Waals surface area contributed by atoms with Crippen molar-refractivity contribution >= 4 is 0 Å². The van der Waals surface area contributed by atoms with E-state index in [9.17, 15) is 8.78 Å². The van der Waals surface area contributed by atoms with Gasteiger partial charge in [-0.2, -0.15) is 0 Å². The fraction of sp³-hybridized carbons (Fsp3) is 0.312. The minimum absolute atomic E-state index is 0.00856. The van der Waals surface area contributed by atoms with Gasteiger partial charge in [0.15, 0.2) is 11.6 Å². The highest BCUT2D eigenvalue weighted by molar-refractivity contribution is 5.28. The van der Waals surface area contributed by atoms with Crippen molar-refractivity contribution in [2.24, 2.45) is 0 Å². The maximum Gasteiger partial charge on any atom is 0.163 e. The molecule has 0 radical (unpaired) electrons. The van der Waals surface area contributed by atoms with Crippen molar-refractivity contribution in [1.82, 2.24) is 10.3 Å². The lowest BCUT2D eigenvalue weighted by atomic mass is 9.88. The smallest absolute Gasteiger partial charge is 0.163 e. The van der Waals surface area contributed by atoms with Gasteiger partial charge in [0.2, 0.25) is 0 Å². The summed E-state index contributed by atoms with van der Waals surface area (Å²) in [5.74, 6) is -1.58. The molecule has 1 N–H and O–H groups in total. The Morgan fingerprint density at radius 1 is 1.15 bits per heavy atom. The Bertz CT molecular complexity index is 558. The summed E-state index contributed by atoms with van der Waals surface area (Å²) in [7, 11) is 0. The summed E-state index contributed by atoms with van der Waals surface area (Å²) in [6.45, 7) is 4.62. The summed E-state index contributed by atoms with van der Waals surface area (Å²) in [5.41, 5.74) is 1.39. The lowest BCUT2D eigenvalue weighted by Crippen LogP contribution is -2.27. The molecule has 0 saturated carbocycles. The van der Waals surface area contributed by atoms with E-state index in [0.29, 0.717) is 12.1 Å². The van der Waals surface area contributed by atoms with Gasteiger partial charge in [0.1, 0.15) is 0 Å². The summed E-state index contributed by atoms with van der Waals surface area (Å²) >= 11 is 0. The molecule has 0 bridgehead atoms. The molecule has 0 fully saturated rings. The number of nitrogens with zero attached hydrogens (tertiary/aromatic N) is 1. The highest BCUT2D eigenvalue weighted by atomic mass is 19.2. The SMILES string of the molecule is CCNC(c1cccc(F)c1F)C(C)c1ccncc1. The second kappa shape index (κ2) is 6.57. The van der Waals surface area contributed by atoms with Crippen LogP contribution < -0.4 is 5.32 Å². The van der Waals surface area contributed by atoms with Crippen LogP contribution in [0.15, 0.2) is 42.7 Å². The van der Waals surface area contributed by atoms with Crippen molar-refractivity contribution in [1.29, 1.82) is 0 Å². The van der Waals surface area contributed by atoms with Crippen LogP contribution in [0.2, 0.25) is 0 Å². The molecule has 0 spiro atoms. The van der Waals surface area contributed by atoms with E-state index in [2.05, 4.69) is 10.3 Å². The summed E-state index contributed by atoms with van der Waals surface area (Å²) in [6, 6.07) is 7.82. The quantitative estimate of drug-likeness (QED) is 0.898. The Morgan fingerprint density at radius 2 is 1.85 bits per heavy atom. The lowest BCUT2D eigenvalue weighted by Gasteiger charge is -2.26. The number of halogens is 2. The topological polar surface area (TPSA) is 24.9 Å². The second-order valence-electron chi connectivity index (χ2n) is 4.75. The van der Waals surface area contributed by atoms with Crippen LogP contribution in [0.4, 0.5) is 8.78 Å². The van der Waals surface area contributed by atoms with Crippen LogP contribution in [0, 0.1) is 11.6 Å². The van der Waals surface area contributed by atoms with Gasteiger partial charge < -0.3 is 5.32 Å². The van der Waals surface area contributed by atoms with E-state index in [1.165, 1.54) is 6.07 Å². The van der Waals surface area contributed by atoms with Gasteiger partial charge in [0.05, 0.1) is 0 Å². The number of hydrogen-bond donors (Lipinski definition) is 1. The molecule has 2 rings (SSSR count). The maximum absolute atomic E-state index is 14.0. The van der Waals surface area contributed by atoms with Gasteiger partial charge in [-0.3, -0.25) is 4.98 Å². The predicted molar refractivity (Wildman–Crippen MR) is 75.4 cm³/mol. The van der Waals surface area contributed by atoms with Crippen LogP contribution in [0.1, 0.15) is 36.9 Å². The fourth-order valence-corrected chi connectivity index (χ4v) is 2.40. The zero-order valence-electron chi connectivity index (χ0n) is 11.6. The first-order valence-electron chi connectivity index (χ1n) is 6.72. The zero-order valence-corrected chi connectivity index (χ0v) is 11.6. The predicted octanol–water partition coefficient (Wildman–Crippen LogP) is 3.81. The molecule has 1 heterocycles. The molecule has 2 atom stereocenters. The van der Waals surface area contributed by atoms with E-state index in [4.69, 9.17) is 0 Å². The molecular weight excluding hydrogens is 258 g/mol. The van der Waals surface area contributed by atoms with Crippen LogP contribution in [0.5, 0.6) is 0 Å². The molecule has 20 heavy (non-hydrogen) atoms. The number of rotatable bonds is 5. The molecule has 0 aliphatic carbocycles. The van der Waals surface area contributed by atoms with Crippen molar-refractivity contribution in [3.8, 4) is 0 Å². The molecule has 2 aromatic rings. The molecule has 4 heteroatoms. The normalized spacial score (nSPS) is 14.0. The molecule has 0 aliphatic rings. The number of likely N-dealkylation sites (N-methyl/N-ethyl adjacent to an activating group) is 1. The molecule has 2 nitrogen and oxygen atoms in total. The van der Waals surface area contributed by atoms with Crippen LogP contribution in [-0.4, -0.2) is 11.5 Å². The number of hydrogen-bond acceptors (Lipinski definition) is 2. The third kappa shape index (κ3) is 3.02. The molecule has 1 aromatic heterocycles. The number of pyridine rings is 1. The van der Waals surface area contributed by atoms with Crippen molar-refractivity contribution in [3.63, 3.8) is 0 Å². The average Bonchev–Trinajstić information content (AvgIpc) is 2.48. The van der Waals surface area contributed by atoms with Crippen LogP contribution in [-0.2, 0) is 0 Å². The fourth-order valence-electron chi connectivity index (χ4n) is 2.40. The summed E-state index contributed by atoms with van der Waals surface area (Å²) in [4.78, 5) is 3.98. The zero-order chi connectivity index (χ0) is 14.5. The number of benzene rings is 1. The first-order valence-corrected chi connectivity index (χ1v) is 6.72. The van der Waals surface area contributed by atoms with Crippen molar-refractivity contribution < 1.29 is 8.78 Å². The molecule has 106 valence electrons. The minimum atomic E-state index is -0.813. The van der Waals surface area contributed by atoms with E-state index in [-0.39, 0.29) is 12.0 Å². The Labute approximate surface area is 117 Å². The second-order valence-corrected chi connectivity index (χ2v) is 4.75. The van der Waals surface area contributed by atoms with Gasteiger partial charge in [-0.15, -0.1) is 0 Å². The van der Waals surface area contributed by atoms with Gasteiger partial charge in [-0.1, -0.05) is 26.0 Å². The third-order valence-corrected chi connectivity index (χ3v) is 3.47. The Kier molecular flexibility index (Phi) is 4.79. The molecule has 0 aliphatic heterocycles. The van der Waals surface area contributed by atoms with E-state index >= 15 is 0 Å². The van der Waals surface area contributed by atoms with E-state index in [1.54, 1.807) is 18.5 Å². The Balaban J connectivity index is 2.38. The first kappa shape index (κ1) is 14.6. The Morgan fingerprint density at radius 3 is 2.50 bits per heavy atom. The summed E-state index contributed by atoms with van der Waals surface area (Å²) < 4.78 is 27.5. The number of nitrogens with one attached hydrogen (secondary N) is 1. The molecular formula is C16H18F2N2. The highest BCUT2D eigenvalue weighted by Crippen LogP contribution is 2.32. The molecule has 0 saturated heterocycles. The van der Waals surface area contributed by atoms with Gasteiger partial charge in [-0.25, -0.2) is 8.78 Å². The summed E-state index contributed by atoms with van der Waals surface area (Å²) in [6.07, 6.45) is 3.41. The van der Waals surface area contributed by atoms with Gasteiger partial charge in [0.25, 0.3) is 0 Å². The Hall–Kier alpha value is -1.81. The van der Waals surface area contributed by atoms with Crippen molar-refractivity contribution in [2.75, 3.05) is 6.54 Å². The largest absolute Gasteiger partial charge is 0.310 e. The third-order valence-electron chi connectivity index (χ3n) is 3.47. The van der Waals surface area contributed by atoms with Crippen LogP contribution in [0.25, 0.3) is 0 Å². The number of aromatic nitrogens is 1. The maximum atomic E-state index is 14.0. The first-order chi connectivity index (χ1) is 9.65. The average molecular weight is 276 g/mol. The van der Waals surface area contributed by atoms with Gasteiger partial charge >= 0.3 is 0 Å².